The minimum Gasteiger partial charge on any atom is -0.491 e. The third-order valence-electron chi connectivity index (χ3n) is 13.8. The lowest BCUT2D eigenvalue weighted by molar-refractivity contribution is -0.142. The third-order valence-corrected chi connectivity index (χ3v) is 15.9. The molecule has 6 aliphatic rings. The molecule has 15 nitrogen and oxygen atoms in total. The van der Waals surface area contributed by atoms with Crippen LogP contribution in [0, 0.1) is 17.3 Å². The number of hydrogen-bond acceptors (Lipinski definition) is 11. The molecule has 5 fully saturated rings. The zero-order chi connectivity index (χ0) is 43.3. The van der Waals surface area contributed by atoms with E-state index in [1.807, 2.05) is 45.0 Å². The van der Waals surface area contributed by atoms with Gasteiger partial charge in [-0.2, -0.15) is 0 Å². The lowest BCUT2D eigenvalue weighted by Gasteiger charge is -2.35. The first-order chi connectivity index (χ1) is 29.0. The van der Waals surface area contributed by atoms with Gasteiger partial charge in [-0.15, -0.1) is 6.58 Å². The highest BCUT2D eigenvalue weighted by molar-refractivity contribution is 7.91. The third kappa shape index (κ3) is 9.07. The van der Waals surface area contributed by atoms with Gasteiger partial charge in [-0.1, -0.05) is 51.8 Å². The summed E-state index contributed by atoms with van der Waals surface area (Å²) in [6.07, 6.45) is 8.35. The number of para-hydroxylation sites is 1. The zero-order valence-electron chi connectivity index (χ0n) is 36.0. The number of pyridine rings is 1. The predicted octanol–water partition coefficient (Wildman–Crippen LogP) is 4.76. The number of aromatic nitrogens is 1. The summed E-state index contributed by atoms with van der Waals surface area (Å²) in [7, 11) is -4.01. The Morgan fingerprint density at radius 1 is 1.07 bits per heavy atom. The molecule has 3 aliphatic carbocycles. The smallest absolute Gasteiger partial charge is 0.408 e. The van der Waals surface area contributed by atoms with Crippen LogP contribution in [-0.4, -0.2) is 114 Å². The zero-order valence-corrected chi connectivity index (χ0v) is 36.8. The van der Waals surface area contributed by atoms with Gasteiger partial charge >= 0.3 is 6.09 Å². The summed E-state index contributed by atoms with van der Waals surface area (Å²) in [5, 5.41) is 6.59. The van der Waals surface area contributed by atoms with Crippen molar-refractivity contribution in [1.82, 2.24) is 30.1 Å². The molecule has 61 heavy (non-hydrogen) atoms. The van der Waals surface area contributed by atoms with Gasteiger partial charge in [-0.05, 0) is 101 Å². The molecule has 3 N–H and O–H groups in total. The second-order valence-electron chi connectivity index (χ2n) is 19.5. The largest absolute Gasteiger partial charge is 0.491 e. The summed E-state index contributed by atoms with van der Waals surface area (Å²) < 4.78 is 46.8. The number of fused-ring (bicyclic) bond motifs is 5. The van der Waals surface area contributed by atoms with Gasteiger partial charge < -0.3 is 29.7 Å². The molecule has 1 aromatic heterocycles. The van der Waals surface area contributed by atoms with E-state index in [1.165, 1.54) is 23.8 Å². The summed E-state index contributed by atoms with van der Waals surface area (Å²) in [5.74, 6) is -1.16. The average molecular weight is 863 g/mol. The SMILES string of the molecule is C=CC1C[C@]1(NC(=O)[C@@H]1C[C@@H]2CN1C(=O)[C@H](C(C)(C)C)NC(=O)O[C@@H]1C[C@H]1CCCCCc1c(nc3ccccc3c1OCCN1CCCC1)O2)C(=O)NS(=O)(=O)C1(C)CC1. The Morgan fingerprint density at radius 3 is 2.52 bits per heavy atom. The average Bonchev–Trinajstić information content (AvgIpc) is 4.16. The van der Waals surface area contributed by atoms with E-state index in [1.54, 1.807) is 6.92 Å². The van der Waals surface area contributed by atoms with Gasteiger partial charge in [0.2, 0.25) is 27.7 Å². The second kappa shape index (κ2) is 16.7. The van der Waals surface area contributed by atoms with Crippen LogP contribution in [0.1, 0.15) is 104 Å². The Labute approximate surface area is 359 Å². The Hall–Kier alpha value is -4.44. The number of nitrogens with one attached hydrogen (secondary N) is 3. The fraction of sp³-hybridized carbons (Fsp3) is 0.667. The molecular formula is C45H62N6O9S. The molecule has 8 rings (SSSR count). The molecule has 3 aliphatic heterocycles. The number of alkyl carbamates (subject to hydrolysis) is 1. The topological polar surface area (TPSA) is 186 Å². The standard InChI is InChI=1S/C45H62N6O9S/c1-6-29-26-45(29,41(54)49-61(56,57)44(5)18-19-44)48-38(52)34-25-30-27-51(34)40(53)37(43(2,3)4)47-42(55)60-35-24-28(35)14-8-7-9-16-32-36(58-23-22-50-20-12-13-21-50)31-15-10-11-17-33(31)46-39(32)59-30/h6,10-11,15,17,28-30,34-35,37H,1,7-9,12-14,16,18-27H2,2-5H3,(H,47,55)(H,48,52)(H,49,54)/t28-,29?,30-,34+,35-,37-,45-/m1/s1. The van der Waals surface area contributed by atoms with Gasteiger partial charge in [0, 0.05) is 24.3 Å². The van der Waals surface area contributed by atoms with E-state index in [4.69, 9.17) is 19.2 Å². The Balaban J connectivity index is 1.13. The molecular weight excluding hydrogens is 801 g/mol. The van der Waals surface area contributed by atoms with E-state index < -0.39 is 73.6 Å². The summed E-state index contributed by atoms with van der Waals surface area (Å²) in [6, 6.07) is 5.59. The van der Waals surface area contributed by atoms with Gasteiger partial charge in [0.15, 0.2) is 0 Å². The van der Waals surface area contributed by atoms with Gasteiger partial charge in [-0.25, -0.2) is 18.2 Å². The van der Waals surface area contributed by atoms with E-state index in [2.05, 4.69) is 26.8 Å². The predicted molar refractivity (Wildman–Crippen MR) is 228 cm³/mol. The first-order valence-corrected chi connectivity index (χ1v) is 23.7. The van der Waals surface area contributed by atoms with Crippen molar-refractivity contribution >= 4 is 44.7 Å². The van der Waals surface area contributed by atoms with Crippen LogP contribution < -0.4 is 24.8 Å². The van der Waals surface area contributed by atoms with Crippen LogP contribution in [0.4, 0.5) is 4.79 Å². The quantitative estimate of drug-likeness (QED) is 0.280. The number of likely N-dealkylation sites (tertiary alicyclic amines) is 1. The monoisotopic (exact) mass is 862 g/mol. The van der Waals surface area contributed by atoms with E-state index in [9.17, 15) is 27.6 Å². The number of benzene rings is 1. The fourth-order valence-electron chi connectivity index (χ4n) is 9.27. The van der Waals surface area contributed by atoms with Crippen LogP contribution in [0.5, 0.6) is 11.6 Å². The Kier molecular flexibility index (Phi) is 11.8. The molecule has 2 saturated heterocycles. The highest BCUT2D eigenvalue weighted by Crippen LogP contribution is 2.47. The number of carbonyl (C=O) groups is 4. The van der Waals surface area contributed by atoms with Crippen molar-refractivity contribution in [2.45, 2.75) is 139 Å². The molecule has 0 spiro atoms. The van der Waals surface area contributed by atoms with E-state index in [-0.39, 0.29) is 31.4 Å². The first kappa shape index (κ1) is 43.2. The molecule has 16 heteroatoms. The molecule has 4 heterocycles. The van der Waals surface area contributed by atoms with Crippen LogP contribution in [0.3, 0.4) is 0 Å². The van der Waals surface area contributed by atoms with E-state index in [0.717, 1.165) is 68.4 Å². The normalized spacial score (nSPS) is 30.3. The van der Waals surface area contributed by atoms with Gasteiger partial charge in [0.05, 0.1) is 22.4 Å². The van der Waals surface area contributed by atoms with Crippen LogP contribution in [0.2, 0.25) is 0 Å². The summed E-state index contributed by atoms with van der Waals surface area (Å²) >= 11 is 0. The summed E-state index contributed by atoms with van der Waals surface area (Å²) in [5.41, 5.74) is -0.833. The maximum atomic E-state index is 14.8. The van der Waals surface area contributed by atoms with E-state index in [0.29, 0.717) is 37.3 Å². The molecule has 4 amide bonds. The Morgan fingerprint density at radius 2 is 1.82 bits per heavy atom. The van der Waals surface area contributed by atoms with Crippen LogP contribution in [0.25, 0.3) is 10.9 Å². The van der Waals surface area contributed by atoms with Crippen molar-refractivity contribution in [1.29, 1.82) is 0 Å². The molecule has 7 atom stereocenters. The number of sulfonamides is 1. The Bertz CT molecular complexity index is 2170. The maximum absolute atomic E-state index is 14.8. The highest BCUT2D eigenvalue weighted by Gasteiger charge is 2.63. The lowest BCUT2D eigenvalue weighted by atomic mass is 9.85. The second-order valence-corrected chi connectivity index (χ2v) is 21.7. The molecule has 0 radical (unpaired) electrons. The van der Waals surface area contributed by atoms with E-state index >= 15 is 0 Å². The van der Waals surface area contributed by atoms with Gasteiger partial charge in [0.1, 0.15) is 42.2 Å². The molecule has 1 unspecified atom stereocenters. The fourth-order valence-corrected chi connectivity index (χ4v) is 10.6. The maximum Gasteiger partial charge on any atom is 0.408 e. The molecule has 2 aromatic rings. The van der Waals surface area contributed by atoms with Crippen LogP contribution in [-0.2, 0) is 35.6 Å². The lowest BCUT2D eigenvalue weighted by Crippen LogP contribution is -2.60. The number of carbonyl (C=O) groups excluding carboxylic acids is 4. The summed E-state index contributed by atoms with van der Waals surface area (Å²) in [6.45, 7) is 14.3. The number of ether oxygens (including phenoxy) is 3. The van der Waals surface area contributed by atoms with Crippen molar-refractivity contribution in [3.05, 3.63) is 42.5 Å². The number of amides is 4. The minimum atomic E-state index is -4.01. The number of nitrogens with zero attached hydrogens (tertiary/aromatic N) is 3. The molecule has 1 aromatic carbocycles. The van der Waals surface area contributed by atoms with Crippen LogP contribution in [0.15, 0.2) is 36.9 Å². The molecule has 332 valence electrons. The van der Waals surface area contributed by atoms with Crippen molar-refractivity contribution in [3.8, 4) is 11.6 Å². The van der Waals surface area contributed by atoms with Crippen molar-refractivity contribution < 1.29 is 41.8 Å². The highest BCUT2D eigenvalue weighted by atomic mass is 32.2. The first-order valence-electron chi connectivity index (χ1n) is 22.2. The van der Waals surface area contributed by atoms with Crippen molar-refractivity contribution in [3.63, 3.8) is 0 Å². The number of rotatable bonds is 10. The van der Waals surface area contributed by atoms with Gasteiger partial charge in [-0.3, -0.25) is 24.0 Å². The van der Waals surface area contributed by atoms with Gasteiger partial charge in [0.25, 0.3) is 5.91 Å². The van der Waals surface area contributed by atoms with Crippen molar-refractivity contribution in [2.24, 2.45) is 17.3 Å². The molecule has 2 bridgehead atoms. The summed E-state index contributed by atoms with van der Waals surface area (Å²) in [4.78, 5) is 65.5. The van der Waals surface area contributed by atoms with Crippen LogP contribution >= 0.6 is 0 Å². The van der Waals surface area contributed by atoms with Crippen molar-refractivity contribution in [2.75, 3.05) is 32.8 Å². The molecule has 3 saturated carbocycles. The minimum absolute atomic E-state index is 0.0269. The number of hydrogen-bond donors (Lipinski definition) is 3.